The molecule has 0 saturated heterocycles. The lowest BCUT2D eigenvalue weighted by Gasteiger charge is -2.13. The zero-order valence-electron chi connectivity index (χ0n) is 11.7. The van der Waals surface area contributed by atoms with E-state index in [2.05, 4.69) is 5.32 Å². The second-order valence-electron chi connectivity index (χ2n) is 4.76. The van der Waals surface area contributed by atoms with Gasteiger partial charge in [0.2, 0.25) is 0 Å². The number of nitrogens with one attached hydrogen (secondary N) is 1. The number of halogens is 1. The molecule has 20 heavy (non-hydrogen) atoms. The Labute approximate surface area is 123 Å². The molecule has 0 aliphatic rings. The fourth-order valence-electron chi connectivity index (χ4n) is 1.92. The average molecular weight is 292 g/mol. The molecule has 0 spiro atoms. The van der Waals surface area contributed by atoms with E-state index in [1.807, 2.05) is 38.1 Å². The minimum Gasteiger partial charge on any atom is -0.483 e. The molecule has 2 rings (SSSR count). The monoisotopic (exact) mass is 291 g/mol. The van der Waals surface area contributed by atoms with E-state index in [1.165, 1.54) is 0 Å². The molecule has 0 fully saturated rings. The number of fused-ring (bicyclic) bond motifs is 1. The predicted molar refractivity (Wildman–Crippen MR) is 82.3 cm³/mol. The fourth-order valence-corrected chi connectivity index (χ4v) is 2.15. The van der Waals surface area contributed by atoms with E-state index in [4.69, 9.17) is 16.3 Å². The summed E-state index contributed by atoms with van der Waals surface area (Å²) in [6.07, 6.45) is 0.898. The molecule has 1 amide bonds. The van der Waals surface area contributed by atoms with E-state index in [0.29, 0.717) is 10.8 Å². The molecule has 106 valence electrons. The van der Waals surface area contributed by atoms with Crippen LogP contribution in [0.3, 0.4) is 0 Å². The molecular formula is C16H18ClNO2. The number of amides is 1. The molecule has 4 heteroatoms. The van der Waals surface area contributed by atoms with Crippen LogP contribution in [0.15, 0.2) is 36.4 Å². The summed E-state index contributed by atoms with van der Waals surface area (Å²) >= 11 is 6.14. The smallest absolute Gasteiger partial charge is 0.258 e. The zero-order chi connectivity index (χ0) is 14.5. The molecule has 1 N–H and O–H groups in total. The van der Waals surface area contributed by atoms with Crippen LogP contribution >= 0.6 is 11.6 Å². The van der Waals surface area contributed by atoms with Gasteiger partial charge in [0.25, 0.3) is 5.91 Å². The van der Waals surface area contributed by atoms with E-state index >= 15 is 0 Å². The minimum atomic E-state index is -0.113. The Morgan fingerprint density at radius 3 is 2.65 bits per heavy atom. The van der Waals surface area contributed by atoms with Crippen LogP contribution in [0.25, 0.3) is 10.8 Å². The third kappa shape index (κ3) is 3.42. The molecule has 3 nitrogen and oxygen atoms in total. The van der Waals surface area contributed by atoms with Crippen molar-refractivity contribution in [2.45, 2.75) is 26.3 Å². The lowest BCUT2D eigenvalue weighted by molar-refractivity contribution is -0.123. The molecule has 0 unspecified atom stereocenters. The summed E-state index contributed by atoms with van der Waals surface area (Å²) in [6, 6.07) is 11.5. The van der Waals surface area contributed by atoms with Gasteiger partial charge in [-0.05, 0) is 25.5 Å². The highest BCUT2D eigenvalue weighted by atomic mass is 35.5. The molecule has 0 radical (unpaired) electrons. The highest BCUT2D eigenvalue weighted by Crippen LogP contribution is 2.31. The highest BCUT2D eigenvalue weighted by Gasteiger charge is 2.09. The quantitative estimate of drug-likeness (QED) is 0.910. The van der Waals surface area contributed by atoms with E-state index in [1.54, 1.807) is 12.1 Å². The van der Waals surface area contributed by atoms with Gasteiger partial charge in [-0.3, -0.25) is 4.79 Å². The van der Waals surface area contributed by atoms with Gasteiger partial charge in [0.15, 0.2) is 6.61 Å². The van der Waals surface area contributed by atoms with Crippen molar-refractivity contribution in [2.24, 2.45) is 0 Å². The van der Waals surface area contributed by atoms with Crippen LogP contribution in [0.4, 0.5) is 0 Å². The SMILES string of the molecule is CC[C@@H](C)NC(=O)COc1ccc(Cl)c2ccccc12. The molecule has 0 aliphatic carbocycles. The summed E-state index contributed by atoms with van der Waals surface area (Å²) in [6.45, 7) is 4.00. The van der Waals surface area contributed by atoms with Crippen molar-refractivity contribution >= 4 is 28.3 Å². The first-order chi connectivity index (χ1) is 9.61. The summed E-state index contributed by atoms with van der Waals surface area (Å²) in [5, 5.41) is 5.39. The summed E-state index contributed by atoms with van der Waals surface area (Å²) in [5.41, 5.74) is 0. The second-order valence-corrected chi connectivity index (χ2v) is 5.16. The number of rotatable bonds is 5. The Morgan fingerprint density at radius 1 is 1.25 bits per heavy atom. The fraction of sp³-hybridized carbons (Fsp3) is 0.312. The Hall–Kier alpha value is -1.74. The number of hydrogen-bond acceptors (Lipinski definition) is 2. The molecule has 0 heterocycles. The first-order valence-electron chi connectivity index (χ1n) is 6.71. The number of hydrogen-bond donors (Lipinski definition) is 1. The van der Waals surface area contributed by atoms with E-state index in [9.17, 15) is 4.79 Å². The van der Waals surface area contributed by atoms with Crippen molar-refractivity contribution < 1.29 is 9.53 Å². The van der Waals surface area contributed by atoms with Gasteiger partial charge >= 0.3 is 0 Å². The molecule has 0 aliphatic heterocycles. The first-order valence-corrected chi connectivity index (χ1v) is 7.09. The van der Waals surface area contributed by atoms with E-state index < -0.39 is 0 Å². The van der Waals surface area contributed by atoms with E-state index in [-0.39, 0.29) is 18.6 Å². The Morgan fingerprint density at radius 2 is 1.95 bits per heavy atom. The standard InChI is InChI=1S/C16H18ClNO2/c1-3-11(2)18-16(19)10-20-15-9-8-14(17)12-6-4-5-7-13(12)15/h4-9,11H,3,10H2,1-2H3,(H,18,19)/t11-/m1/s1. The third-order valence-corrected chi connectivity index (χ3v) is 3.54. The van der Waals surface area contributed by atoms with Crippen LogP contribution in [-0.4, -0.2) is 18.6 Å². The van der Waals surface area contributed by atoms with Gasteiger partial charge in [0.1, 0.15) is 5.75 Å². The van der Waals surface area contributed by atoms with Gasteiger partial charge in [-0.15, -0.1) is 0 Å². The van der Waals surface area contributed by atoms with Crippen LogP contribution in [0.2, 0.25) is 5.02 Å². The van der Waals surface area contributed by atoms with Crippen molar-refractivity contribution in [3.8, 4) is 5.75 Å². The average Bonchev–Trinajstić information content (AvgIpc) is 2.46. The van der Waals surface area contributed by atoms with Crippen molar-refractivity contribution in [1.82, 2.24) is 5.32 Å². The maximum absolute atomic E-state index is 11.7. The maximum Gasteiger partial charge on any atom is 0.258 e. The molecule has 1 atom stereocenters. The lowest BCUT2D eigenvalue weighted by Crippen LogP contribution is -2.35. The van der Waals surface area contributed by atoms with Gasteiger partial charge < -0.3 is 10.1 Å². The van der Waals surface area contributed by atoms with Gasteiger partial charge in [0, 0.05) is 21.8 Å². The second kappa shape index (κ2) is 6.62. The van der Waals surface area contributed by atoms with Gasteiger partial charge in [0.05, 0.1) is 0 Å². The summed E-state index contributed by atoms with van der Waals surface area (Å²) in [4.78, 5) is 11.7. The number of carbonyl (C=O) groups is 1. The van der Waals surface area contributed by atoms with Gasteiger partial charge in [-0.2, -0.15) is 0 Å². The van der Waals surface area contributed by atoms with Gasteiger partial charge in [-0.1, -0.05) is 42.8 Å². The third-order valence-electron chi connectivity index (χ3n) is 3.21. The number of carbonyl (C=O) groups excluding carboxylic acids is 1. The largest absolute Gasteiger partial charge is 0.483 e. The van der Waals surface area contributed by atoms with Crippen LogP contribution in [0, 0.1) is 0 Å². The highest BCUT2D eigenvalue weighted by molar-refractivity contribution is 6.35. The van der Waals surface area contributed by atoms with Crippen molar-refractivity contribution in [1.29, 1.82) is 0 Å². The molecule has 2 aromatic carbocycles. The molecule has 0 bridgehead atoms. The van der Waals surface area contributed by atoms with E-state index in [0.717, 1.165) is 17.2 Å². The number of ether oxygens (including phenoxy) is 1. The van der Waals surface area contributed by atoms with Crippen LogP contribution in [-0.2, 0) is 4.79 Å². The predicted octanol–water partition coefficient (Wildman–Crippen LogP) is 3.79. The minimum absolute atomic E-state index is 0.00989. The normalized spacial score (nSPS) is 12.2. The first kappa shape index (κ1) is 14.7. The van der Waals surface area contributed by atoms with Crippen LogP contribution in [0.5, 0.6) is 5.75 Å². The van der Waals surface area contributed by atoms with Gasteiger partial charge in [-0.25, -0.2) is 0 Å². The topological polar surface area (TPSA) is 38.3 Å². The number of benzene rings is 2. The molecule has 0 saturated carbocycles. The van der Waals surface area contributed by atoms with Crippen molar-refractivity contribution in [2.75, 3.05) is 6.61 Å². The van der Waals surface area contributed by atoms with Crippen molar-refractivity contribution in [3.05, 3.63) is 41.4 Å². The summed E-state index contributed by atoms with van der Waals surface area (Å²) in [5.74, 6) is 0.558. The van der Waals surface area contributed by atoms with Crippen molar-refractivity contribution in [3.63, 3.8) is 0 Å². The lowest BCUT2D eigenvalue weighted by atomic mass is 10.1. The summed E-state index contributed by atoms with van der Waals surface area (Å²) in [7, 11) is 0. The molecule has 2 aromatic rings. The van der Waals surface area contributed by atoms with Crippen LogP contribution < -0.4 is 10.1 Å². The Balaban J connectivity index is 2.11. The summed E-state index contributed by atoms with van der Waals surface area (Å²) < 4.78 is 5.61. The maximum atomic E-state index is 11.7. The molecular weight excluding hydrogens is 274 g/mol. The Bertz CT molecular complexity index is 612. The zero-order valence-corrected chi connectivity index (χ0v) is 12.4. The Kier molecular flexibility index (Phi) is 4.85. The van der Waals surface area contributed by atoms with Crippen LogP contribution in [0.1, 0.15) is 20.3 Å². The molecule has 0 aromatic heterocycles.